The zero-order valence-electron chi connectivity index (χ0n) is 18.4. The van der Waals surface area contributed by atoms with Gasteiger partial charge in [0.25, 0.3) is 11.8 Å². The first-order chi connectivity index (χ1) is 16.0. The second kappa shape index (κ2) is 9.56. The largest absolute Gasteiger partial charge is 0.494 e. The van der Waals surface area contributed by atoms with Crippen LogP contribution >= 0.6 is 0 Å². The van der Waals surface area contributed by atoms with Crippen LogP contribution in [0.25, 0.3) is 0 Å². The van der Waals surface area contributed by atoms with E-state index in [1.807, 2.05) is 13.8 Å². The molecule has 0 bridgehead atoms. The van der Waals surface area contributed by atoms with E-state index >= 15 is 0 Å². The van der Waals surface area contributed by atoms with Crippen LogP contribution in [0.4, 0.5) is 10.5 Å². The lowest BCUT2D eigenvalue weighted by Crippen LogP contribution is -2.32. The molecule has 0 saturated carbocycles. The van der Waals surface area contributed by atoms with Crippen molar-refractivity contribution in [3.63, 3.8) is 0 Å². The molecular formula is C24H24N4O5. The number of fused-ring (bicyclic) bond motifs is 1. The molecule has 4 rings (SSSR count). The highest BCUT2D eigenvalue weighted by Crippen LogP contribution is 2.35. The van der Waals surface area contributed by atoms with Crippen LogP contribution in [-0.4, -0.2) is 45.5 Å². The van der Waals surface area contributed by atoms with E-state index in [2.05, 4.69) is 10.3 Å². The smallest absolute Gasteiger partial charge is 0.421 e. The van der Waals surface area contributed by atoms with Gasteiger partial charge in [-0.1, -0.05) is 13.0 Å². The van der Waals surface area contributed by atoms with Crippen LogP contribution in [0, 0.1) is 0 Å². The second-order valence-corrected chi connectivity index (χ2v) is 7.42. The minimum absolute atomic E-state index is 0.286. The summed E-state index contributed by atoms with van der Waals surface area (Å²) in [6.45, 7) is 4.79. The van der Waals surface area contributed by atoms with E-state index in [0.29, 0.717) is 47.7 Å². The number of hydrogen-bond donors (Lipinski definition) is 1. The first-order valence-corrected chi connectivity index (χ1v) is 10.7. The first kappa shape index (κ1) is 22.1. The summed E-state index contributed by atoms with van der Waals surface area (Å²) in [4.78, 5) is 43.7. The van der Waals surface area contributed by atoms with Crippen LogP contribution in [0.3, 0.4) is 0 Å². The van der Waals surface area contributed by atoms with Crippen LogP contribution in [0.5, 0.6) is 5.75 Å². The third-order valence-corrected chi connectivity index (χ3v) is 5.17. The lowest BCUT2D eigenvalue weighted by molar-refractivity contribution is 0.00287. The van der Waals surface area contributed by atoms with Crippen molar-refractivity contribution in [3.05, 3.63) is 77.9 Å². The molecular weight excluding hydrogens is 424 g/mol. The fraction of sp³-hybridized carbons (Fsp3) is 0.250. The van der Waals surface area contributed by atoms with E-state index in [4.69, 9.17) is 9.47 Å². The summed E-state index contributed by atoms with van der Waals surface area (Å²) in [7, 11) is 0. The number of hydrogen-bond acceptors (Lipinski definition) is 6. The van der Waals surface area contributed by atoms with Gasteiger partial charge in [0.15, 0.2) is 0 Å². The zero-order valence-corrected chi connectivity index (χ0v) is 18.4. The van der Waals surface area contributed by atoms with E-state index in [1.165, 1.54) is 34.3 Å². The predicted molar refractivity (Wildman–Crippen MR) is 120 cm³/mol. The molecule has 170 valence electrons. The standard InChI is InChI=1S/C24H24N4O5/c1-3-12-28-22(30)20-14-16(21(29)26-17-6-8-18(9-7-17)32-4-2)5-10-19(20)23(28)33-24(31)27-13-11-25-15-27/h5-11,13-15,23H,3-4,12H2,1-2H3,(H,26,29)/t23-/m0/s1. The minimum Gasteiger partial charge on any atom is -0.494 e. The van der Waals surface area contributed by atoms with Crippen LogP contribution in [0.15, 0.2) is 61.2 Å². The molecule has 0 spiro atoms. The summed E-state index contributed by atoms with van der Waals surface area (Å²) in [5, 5.41) is 2.82. The van der Waals surface area contributed by atoms with Crippen LogP contribution in [-0.2, 0) is 4.74 Å². The number of amides is 2. The SMILES string of the molecule is CCCN1C(=O)c2cc(C(=O)Nc3ccc(OCC)cc3)ccc2[C@@H]1OC(=O)n1ccnc1. The molecule has 3 aromatic rings. The number of nitrogens with zero attached hydrogens (tertiary/aromatic N) is 3. The Bertz CT molecular complexity index is 1160. The molecule has 33 heavy (non-hydrogen) atoms. The lowest BCUT2D eigenvalue weighted by atomic mass is 10.0. The molecule has 1 aromatic heterocycles. The number of nitrogens with one attached hydrogen (secondary N) is 1. The van der Waals surface area contributed by atoms with Gasteiger partial charge in [-0.25, -0.2) is 14.3 Å². The maximum absolute atomic E-state index is 13.1. The van der Waals surface area contributed by atoms with Crippen molar-refractivity contribution in [3.8, 4) is 5.75 Å². The average molecular weight is 448 g/mol. The highest BCUT2D eigenvalue weighted by atomic mass is 16.6. The van der Waals surface area contributed by atoms with Crippen molar-refractivity contribution in [1.82, 2.24) is 14.5 Å². The number of aromatic nitrogens is 2. The van der Waals surface area contributed by atoms with Crippen molar-refractivity contribution in [1.29, 1.82) is 0 Å². The summed E-state index contributed by atoms with van der Waals surface area (Å²) in [5.41, 5.74) is 1.81. The van der Waals surface area contributed by atoms with E-state index in [0.717, 1.165) is 0 Å². The van der Waals surface area contributed by atoms with E-state index in [9.17, 15) is 14.4 Å². The van der Waals surface area contributed by atoms with Gasteiger partial charge in [0.2, 0.25) is 6.23 Å². The molecule has 9 nitrogen and oxygen atoms in total. The second-order valence-electron chi connectivity index (χ2n) is 7.42. The Kier molecular flexibility index (Phi) is 6.39. The Hall–Kier alpha value is -4.14. The summed E-state index contributed by atoms with van der Waals surface area (Å²) < 4.78 is 12.2. The third-order valence-electron chi connectivity index (χ3n) is 5.17. The Morgan fingerprint density at radius 3 is 2.58 bits per heavy atom. The molecule has 9 heteroatoms. The van der Waals surface area contributed by atoms with Crippen LogP contribution in [0.2, 0.25) is 0 Å². The summed E-state index contributed by atoms with van der Waals surface area (Å²) in [6, 6.07) is 11.8. The highest BCUT2D eigenvalue weighted by molar-refractivity contribution is 6.07. The third kappa shape index (κ3) is 4.57. The molecule has 1 atom stereocenters. The minimum atomic E-state index is -0.870. The van der Waals surface area contributed by atoms with Gasteiger partial charge < -0.3 is 14.8 Å². The monoisotopic (exact) mass is 448 g/mol. The summed E-state index contributed by atoms with van der Waals surface area (Å²) in [6.07, 6.45) is 3.44. The Morgan fingerprint density at radius 2 is 1.91 bits per heavy atom. The molecule has 1 N–H and O–H groups in total. The molecule has 2 aromatic carbocycles. The first-order valence-electron chi connectivity index (χ1n) is 10.7. The number of anilines is 1. The van der Waals surface area contributed by atoms with Gasteiger partial charge in [-0.05, 0) is 49.7 Å². The molecule has 2 heterocycles. The number of ether oxygens (including phenoxy) is 2. The van der Waals surface area contributed by atoms with E-state index in [1.54, 1.807) is 36.4 Å². The van der Waals surface area contributed by atoms with Gasteiger partial charge in [0, 0.05) is 41.3 Å². The van der Waals surface area contributed by atoms with Crippen LogP contribution in [0.1, 0.15) is 52.8 Å². The van der Waals surface area contributed by atoms with Gasteiger partial charge >= 0.3 is 6.09 Å². The zero-order chi connectivity index (χ0) is 23.4. The topological polar surface area (TPSA) is 103 Å². The van der Waals surface area contributed by atoms with E-state index in [-0.39, 0.29) is 11.8 Å². The Labute approximate surface area is 190 Å². The maximum Gasteiger partial charge on any atom is 0.421 e. The molecule has 2 amide bonds. The molecule has 0 saturated heterocycles. The fourth-order valence-electron chi connectivity index (χ4n) is 3.64. The Balaban J connectivity index is 1.55. The number of benzene rings is 2. The van der Waals surface area contributed by atoms with Crippen molar-refractivity contribution in [2.24, 2.45) is 0 Å². The maximum atomic E-state index is 13.1. The van der Waals surface area contributed by atoms with Gasteiger partial charge in [-0.15, -0.1) is 0 Å². The number of carbonyl (C=O) groups is 3. The molecule has 1 aliphatic heterocycles. The van der Waals surface area contributed by atoms with Crippen molar-refractivity contribution in [2.75, 3.05) is 18.5 Å². The normalized spacial score (nSPS) is 14.7. The molecule has 1 aliphatic rings. The van der Waals surface area contributed by atoms with Crippen molar-refractivity contribution < 1.29 is 23.9 Å². The Morgan fingerprint density at radius 1 is 1.12 bits per heavy atom. The van der Waals surface area contributed by atoms with Gasteiger partial charge in [0.05, 0.1) is 6.61 Å². The van der Waals surface area contributed by atoms with Crippen LogP contribution < -0.4 is 10.1 Å². The van der Waals surface area contributed by atoms with Crippen molar-refractivity contribution in [2.45, 2.75) is 26.5 Å². The number of carbonyl (C=O) groups excluding carboxylic acids is 3. The summed E-state index contributed by atoms with van der Waals surface area (Å²) in [5.74, 6) is 0.0765. The highest BCUT2D eigenvalue weighted by Gasteiger charge is 2.39. The predicted octanol–water partition coefficient (Wildman–Crippen LogP) is 4.08. The molecule has 0 fully saturated rings. The van der Waals surface area contributed by atoms with Gasteiger partial charge in [-0.3, -0.25) is 14.5 Å². The average Bonchev–Trinajstić information content (AvgIpc) is 3.44. The van der Waals surface area contributed by atoms with Gasteiger partial charge in [0.1, 0.15) is 12.1 Å². The molecule has 0 unspecified atom stereocenters. The van der Waals surface area contributed by atoms with Gasteiger partial charge in [-0.2, -0.15) is 0 Å². The number of rotatable bonds is 7. The number of imidazole rings is 1. The van der Waals surface area contributed by atoms with Crippen molar-refractivity contribution >= 4 is 23.6 Å². The summed E-state index contributed by atoms with van der Waals surface area (Å²) >= 11 is 0. The molecule has 0 aliphatic carbocycles. The fourth-order valence-corrected chi connectivity index (χ4v) is 3.64. The van der Waals surface area contributed by atoms with E-state index < -0.39 is 12.3 Å². The molecule has 0 radical (unpaired) electrons. The lowest BCUT2D eigenvalue weighted by Gasteiger charge is -2.24. The quantitative estimate of drug-likeness (QED) is 0.584.